The molecule has 0 unspecified atom stereocenters. The normalized spacial score (nSPS) is 10.1. The smallest absolute Gasteiger partial charge is 0.261 e. The number of methoxy groups -OCH3 is 2. The van der Waals surface area contributed by atoms with E-state index in [0.717, 1.165) is 0 Å². The largest absolute Gasteiger partial charge is 0.492 e. The number of carbonyl (C=O) groups excluding carboxylic acids is 1. The van der Waals surface area contributed by atoms with Crippen molar-refractivity contribution in [2.75, 3.05) is 38.4 Å². The summed E-state index contributed by atoms with van der Waals surface area (Å²) in [5.41, 5.74) is 11.2. The summed E-state index contributed by atoms with van der Waals surface area (Å²) in [5, 5.41) is 3.75. The number of primary amides is 1. The first-order valence-electron chi connectivity index (χ1n) is 4.60. The minimum Gasteiger partial charge on any atom is -0.492 e. The highest BCUT2D eigenvalue weighted by Crippen LogP contribution is 2.41. The molecular weight excluding hydrogens is 230 g/mol. The fourth-order valence-corrected chi connectivity index (χ4v) is 2.17. The standard InChI is InChI=1S/C9H15N3O3S/c1-14-4-3-12-9-6(15-2)5(10)7(16-9)8(11)13/h12H,3-4,10H2,1-2H3,(H2,11,13). The predicted molar refractivity (Wildman–Crippen MR) is 64.2 cm³/mol. The molecule has 0 aliphatic carbocycles. The highest BCUT2D eigenvalue weighted by Gasteiger charge is 2.19. The van der Waals surface area contributed by atoms with Gasteiger partial charge in [-0.15, -0.1) is 11.3 Å². The SMILES string of the molecule is COCCNc1sc(C(N)=O)c(N)c1OC. The van der Waals surface area contributed by atoms with E-state index in [9.17, 15) is 4.79 Å². The second-order valence-electron chi connectivity index (χ2n) is 2.99. The number of anilines is 2. The number of rotatable bonds is 6. The summed E-state index contributed by atoms with van der Waals surface area (Å²) >= 11 is 1.18. The average Bonchev–Trinajstić information content (AvgIpc) is 2.55. The van der Waals surface area contributed by atoms with E-state index in [1.165, 1.54) is 18.4 Å². The number of nitrogens with one attached hydrogen (secondary N) is 1. The summed E-state index contributed by atoms with van der Waals surface area (Å²) in [6.45, 7) is 1.15. The quantitative estimate of drug-likeness (QED) is 0.634. The molecule has 0 saturated carbocycles. The van der Waals surface area contributed by atoms with E-state index < -0.39 is 5.91 Å². The van der Waals surface area contributed by atoms with Gasteiger partial charge in [0.25, 0.3) is 5.91 Å². The first-order valence-corrected chi connectivity index (χ1v) is 5.42. The van der Waals surface area contributed by atoms with Gasteiger partial charge >= 0.3 is 0 Å². The van der Waals surface area contributed by atoms with Crippen molar-refractivity contribution in [2.24, 2.45) is 5.73 Å². The van der Waals surface area contributed by atoms with Crippen LogP contribution < -0.4 is 21.5 Å². The van der Waals surface area contributed by atoms with Gasteiger partial charge in [0.2, 0.25) is 0 Å². The number of hydrogen-bond acceptors (Lipinski definition) is 6. The fourth-order valence-electron chi connectivity index (χ4n) is 1.20. The van der Waals surface area contributed by atoms with E-state index in [4.69, 9.17) is 20.9 Å². The third kappa shape index (κ3) is 2.56. The number of hydrogen-bond donors (Lipinski definition) is 3. The number of ether oxygens (including phenoxy) is 2. The molecule has 0 aromatic carbocycles. The van der Waals surface area contributed by atoms with Crippen LogP contribution in [0.25, 0.3) is 0 Å². The van der Waals surface area contributed by atoms with Gasteiger partial charge in [-0.1, -0.05) is 0 Å². The van der Waals surface area contributed by atoms with E-state index in [1.54, 1.807) is 7.11 Å². The Morgan fingerprint density at radius 2 is 2.19 bits per heavy atom. The van der Waals surface area contributed by atoms with Gasteiger partial charge < -0.3 is 26.3 Å². The van der Waals surface area contributed by atoms with Crippen LogP contribution in [0.15, 0.2) is 0 Å². The summed E-state index contributed by atoms with van der Waals surface area (Å²) in [7, 11) is 3.10. The number of thiophene rings is 1. The van der Waals surface area contributed by atoms with Crippen molar-refractivity contribution in [3.63, 3.8) is 0 Å². The maximum absolute atomic E-state index is 11.1. The molecular formula is C9H15N3O3S. The van der Waals surface area contributed by atoms with Crippen molar-refractivity contribution in [1.82, 2.24) is 0 Å². The van der Waals surface area contributed by atoms with Crippen molar-refractivity contribution >= 4 is 27.9 Å². The third-order valence-corrected chi connectivity index (χ3v) is 3.08. The predicted octanol–water partition coefficient (Wildman–Crippen LogP) is 0.496. The van der Waals surface area contributed by atoms with E-state index in [0.29, 0.717) is 28.8 Å². The lowest BCUT2D eigenvalue weighted by Crippen LogP contribution is -2.10. The molecule has 0 aliphatic rings. The molecule has 1 aromatic heterocycles. The van der Waals surface area contributed by atoms with E-state index in [2.05, 4.69) is 5.32 Å². The maximum atomic E-state index is 11.1. The van der Waals surface area contributed by atoms with Crippen LogP contribution in [0.1, 0.15) is 9.67 Å². The Hall–Kier alpha value is -1.47. The molecule has 0 fully saturated rings. The van der Waals surface area contributed by atoms with Gasteiger partial charge in [-0.2, -0.15) is 0 Å². The first-order chi connectivity index (χ1) is 7.61. The fraction of sp³-hybridized carbons (Fsp3) is 0.444. The van der Waals surface area contributed by atoms with Crippen LogP contribution in [0.4, 0.5) is 10.7 Å². The number of carbonyl (C=O) groups is 1. The van der Waals surface area contributed by atoms with Gasteiger partial charge in [0.1, 0.15) is 15.6 Å². The van der Waals surface area contributed by atoms with Gasteiger partial charge in [-0.25, -0.2) is 0 Å². The molecule has 0 atom stereocenters. The molecule has 0 spiro atoms. The van der Waals surface area contributed by atoms with Crippen LogP contribution in [-0.2, 0) is 4.74 Å². The molecule has 6 nitrogen and oxygen atoms in total. The number of nitrogen functional groups attached to an aromatic ring is 1. The Kier molecular flexibility index (Phi) is 4.39. The molecule has 5 N–H and O–H groups in total. The molecule has 0 bridgehead atoms. The molecule has 0 saturated heterocycles. The van der Waals surface area contributed by atoms with E-state index in [1.807, 2.05) is 0 Å². The highest BCUT2D eigenvalue weighted by atomic mass is 32.1. The zero-order valence-electron chi connectivity index (χ0n) is 9.20. The summed E-state index contributed by atoms with van der Waals surface area (Å²) < 4.78 is 10.0. The Morgan fingerprint density at radius 1 is 1.50 bits per heavy atom. The molecule has 1 amide bonds. The second kappa shape index (κ2) is 5.57. The molecule has 1 rings (SSSR count). The average molecular weight is 245 g/mol. The molecule has 0 aliphatic heterocycles. The summed E-state index contributed by atoms with van der Waals surface area (Å²) in [5.74, 6) is -0.101. The van der Waals surface area contributed by atoms with Crippen LogP contribution >= 0.6 is 11.3 Å². The van der Waals surface area contributed by atoms with Gasteiger partial charge in [0.15, 0.2) is 5.75 Å². The third-order valence-electron chi connectivity index (χ3n) is 1.92. The Labute approximate surface area is 97.5 Å². The number of amides is 1. The van der Waals surface area contributed by atoms with E-state index >= 15 is 0 Å². The van der Waals surface area contributed by atoms with Crippen molar-refractivity contribution in [2.45, 2.75) is 0 Å². The van der Waals surface area contributed by atoms with Crippen LogP contribution in [0, 0.1) is 0 Å². The van der Waals surface area contributed by atoms with Crippen molar-refractivity contribution in [1.29, 1.82) is 0 Å². The van der Waals surface area contributed by atoms with E-state index in [-0.39, 0.29) is 5.69 Å². The van der Waals surface area contributed by atoms with Gasteiger partial charge in [0.05, 0.1) is 13.7 Å². The Morgan fingerprint density at radius 3 is 2.69 bits per heavy atom. The molecule has 0 radical (unpaired) electrons. The van der Waals surface area contributed by atoms with Gasteiger partial charge in [0, 0.05) is 13.7 Å². The van der Waals surface area contributed by atoms with Crippen molar-refractivity contribution in [3.05, 3.63) is 4.88 Å². The van der Waals surface area contributed by atoms with Crippen LogP contribution in [0.3, 0.4) is 0 Å². The number of nitrogens with two attached hydrogens (primary N) is 2. The Balaban J connectivity index is 2.90. The van der Waals surface area contributed by atoms with Gasteiger partial charge in [-0.05, 0) is 0 Å². The molecule has 1 heterocycles. The maximum Gasteiger partial charge on any atom is 0.261 e. The Bertz CT molecular complexity index is 378. The summed E-state index contributed by atoms with van der Waals surface area (Å²) in [4.78, 5) is 11.4. The summed E-state index contributed by atoms with van der Waals surface area (Å²) in [6.07, 6.45) is 0. The van der Waals surface area contributed by atoms with Crippen molar-refractivity contribution in [3.8, 4) is 5.75 Å². The topological polar surface area (TPSA) is 99.6 Å². The highest BCUT2D eigenvalue weighted by molar-refractivity contribution is 7.19. The monoisotopic (exact) mass is 245 g/mol. The lowest BCUT2D eigenvalue weighted by atomic mass is 10.3. The minimum atomic E-state index is -0.555. The van der Waals surface area contributed by atoms with Crippen LogP contribution in [0.2, 0.25) is 0 Å². The molecule has 7 heteroatoms. The first kappa shape index (κ1) is 12.6. The van der Waals surface area contributed by atoms with Gasteiger partial charge in [-0.3, -0.25) is 4.79 Å². The minimum absolute atomic E-state index is 0.278. The van der Waals surface area contributed by atoms with Crippen LogP contribution in [-0.4, -0.2) is 33.3 Å². The van der Waals surface area contributed by atoms with Crippen LogP contribution in [0.5, 0.6) is 5.75 Å². The lowest BCUT2D eigenvalue weighted by molar-refractivity contribution is 0.100. The lowest BCUT2D eigenvalue weighted by Gasteiger charge is -2.05. The van der Waals surface area contributed by atoms with Crippen molar-refractivity contribution < 1.29 is 14.3 Å². The zero-order chi connectivity index (χ0) is 12.1. The molecule has 1 aromatic rings. The molecule has 90 valence electrons. The molecule has 16 heavy (non-hydrogen) atoms. The summed E-state index contributed by atoms with van der Waals surface area (Å²) in [6, 6.07) is 0. The second-order valence-corrected chi connectivity index (χ2v) is 4.01. The zero-order valence-corrected chi connectivity index (χ0v) is 10.0.